The van der Waals surface area contributed by atoms with Crippen LogP contribution >= 0.6 is 11.6 Å². The molecule has 7 rings (SSSR count). The van der Waals surface area contributed by atoms with Crippen LogP contribution < -0.4 is 10.1 Å². The Balaban J connectivity index is 1.09. The highest BCUT2D eigenvalue weighted by molar-refractivity contribution is 6.31. The van der Waals surface area contributed by atoms with Crippen molar-refractivity contribution in [2.45, 2.75) is 24.0 Å². The van der Waals surface area contributed by atoms with Crippen LogP contribution in [0.15, 0.2) is 158 Å². The number of alkyl carbamates (subject to hydrolysis) is 1. The second kappa shape index (κ2) is 14.3. The molecule has 0 saturated carbocycles. The number of carboxylic acids is 1. The van der Waals surface area contributed by atoms with E-state index in [9.17, 15) is 14.7 Å². The maximum absolute atomic E-state index is 12.9. The largest absolute Gasteiger partial charge is 0.480 e. The third-order valence-electron chi connectivity index (χ3n) is 9.18. The first-order valence-electron chi connectivity index (χ1n) is 16.4. The molecular weight excluding hydrogens is 646 g/mol. The summed E-state index contributed by atoms with van der Waals surface area (Å²) in [6.45, 7) is 0.0915. The van der Waals surface area contributed by atoms with Gasteiger partial charge in [0, 0.05) is 34.1 Å². The highest BCUT2D eigenvalue weighted by Gasteiger charge is 2.40. The van der Waals surface area contributed by atoms with E-state index in [2.05, 4.69) is 17.4 Å². The highest BCUT2D eigenvalue weighted by Crippen LogP contribution is 2.45. The fourth-order valence-electron chi connectivity index (χ4n) is 6.83. The van der Waals surface area contributed by atoms with Crippen LogP contribution in [0.2, 0.25) is 5.02 Å². The highest BCUT2D eigenvalue weighted by atomic mass is 35.5. The number of carbonyl (C=O) groups excluding carboxylic acids is 1. The molecule has 1 amide bonds. The smallest absolute Gasteiger partial charge is 0.407 e. The number of carbonyl (C=O) groups is 2. The van der Waals surface area contributed by atoms with Crippen LogP contribution in [0.4, 0.5) is 4.79 Å². The molecule has 1 aliphatic carbocycles. The van der Waals surface area contributed by atoms with Gasteiger partial charge in [-0.05, 0) is 46.0 Å². The molecule has 0 radical (unpaired) electrons. The van der Waals surface area contributed by atoms with E-state index in [0.29, 0.717) is 16.3 Å². The summed E-state index contributed by atoms with van der Waals surface area (Å²) in [7, 11) is 0. The molecule has 0 aliphatic heterocycles. The zero-order valence-electron chi connectivity index (χ0n) is 27.0. The summed E-state index contributed by atoms with van der Waals surface area (Å²) in [6.07, 6.45) is -0.734. The molecule has 0 saturated heterocycles. The minimum atomic E-state index is -1.20. The van der Waals surface area contributed by atoms with Crippen LogP contribution in [-0.2, 0) is 21.6 Å². The summed E-state index contributed by atoms with van der Waals surface area (Å²) in [4.78, 5) is 25.2. The van der Waals surface area contributed by atoms with Crippen molar-refractivity contribution in [2.75, 3.05) is 6.61 Å². The Labute approximate surface area is 295 Å². The monoisotopic (exact) mass is 679 g/mol. The van der Waals surface area contributed by atoms with Crippen molar-refractivity contribution < 1.29 is 24.2 Å². The summed E-state index contributed by atoms with van der Waals surface area (Å²) >= 11 is 6.85. The second-order valence-electron chi connectivity index (χ2n) is 12.2. The molecule has 1 atom stereocenters. The SMILES string of the molecule is O=C(NC(Cc1ccc(OC(c2ccccc2)(c2ccccc2)c2ccccc2Cl)cc1)C(=O)O)OCC1c2ccccc2-c2ccccc21. The average Bonchev–Trinajstić information content (AvgIpc) is 3.48. The molecule has 0 heterocycles. The zero-order valence-corrected chi connectivity index (χ0v) is 27.8. The number of nitrogens with one attached hydrogen (secondary N) is 1. The van der Waals surface area contributed by atoms with E-state index >= 15 is 0 Å². The van der Waals surface area contributed by atoms with Crippen LogP contribution in [0.5, 0.6) is 5.75 Å². The van der Waals surface area contributed by atoms with Gasteiger partial charge in [0.25, 0.3) is 0 Å². The molecule has 6 aromatic carbocycles. The Hall–Kier alpha value is -5.85. The molecule has 1 unspecified atom stereocenters. The molecule has 2 N–H and O–H groups in total. The van der Waals surface area contributed by atoms with Gasteiger partial charge in [0.2, 0.25) is 0 Å². The van der Waals surface area contributed by atoms with E-state index in [4.69, 9.17) is 21.1 Å². The van der Waals surface area contributed by atoms with E-state index < -0.39 is 23.7 Å². The normalized spacial score (nSPS) is 12.7. The lowest BCUT2D eigenvalue weighted by Crippen LogP contribution is -2.42. The second-order valence-corrected chi connectivity index (χ2v) is 12.6. The predicted octanol–water partition coefficient (Wildman–Crippen LogP) is 9.25. The number of rotatable bonds is 11. The van der Waals surface area contributed by atoms with Gasteiger partial charge in [-0.3, -0.25) is 0 Å². The molecule has 0 aromatic heterocycles. The summed E-state index contributed by atoms with van der Waals surface area (Å²) < 4.78 is 12.6. The zero-order chi connectivity index (χ0) is 34.5. The summed E-state index contributed by atoms with van der Waals surface area (Å²) in [6, 6.07) is 49.6. The standard InChI is InChI=1S/C43H34ClNO5/c44-39-22-12-11-21-38(39)43(30-13-3-1-4-14-30,31-15-5-2-6-16-31)50-32-25-23-29(24-26-32)27-40(41(46)47)45-42(48)49-28-37-35-19-9-7-17-33(35)34-18-8-10-20-36(34)37/h1-26,37,40H,27-28H2,(H,45,48)(H,46,47). The Morgan fingerprint density at radius 1 is 0.680 bits per heavy atom. The molecule has 0 spiro atoms. The van der Waals surface area contributed by atoms with Crippen LogP contribution in [-0.4, -0.2) is 29.8 Å². The molecule has 0 bridgehead atoms. The molecule has 1 aliphatic rings. The van der Waals surface area contributed by atoms with Crippen LogP contribution in [0.25, 0.3) is 11.1 Å². The first-order chi connectivity index (χ1) is 24.4. The number of hydrogen-bond donors (Lipinski definition) is 2. The van der Waals surface area contributed by atoms with Gasteiger partial charge in [0.05, 0.1) is 0 Å². The quantitative estimate of drug-likeness (QED) is 0.133. The van der Waals surface area contributed by atoms with Gasteiger partial charge in [-0.1, -0.05) is 151 Å². The van der Waals surface area contributed by atoms with Gasteiger partial charge < -0.3 is 19.9 Å². The van der Waals surface area contributed by atoms with Crippen LogP contribution in [0.3, 0.4) is 0 Å². The lowest BCUT2D eigenvalue weighted by molar-refractivity contribution is -0.139. The first kappa shape index (κ1) is 32.7. The Bertz CT molecular complexity index is 2030. The fraction of sp³-hybridized carbons (Fsp3) is 0.116. The van der Waals surface area contributed by atoms with Gasteiger partial charge in [-0.2, -0.15) is 0 Å². The Morgan fingerprint density at radius 2 is 1.20 bits per heavy atom. The lowest BCUT2D eigenvalue weighted by Gasteiger charge is -2.37. The topological polar surface area (TPSA) is 84.9 Å². The lowest BCUT2D eigenvalue weighted by atomic mass is 9.80. The number of ether oxygens (including phenoxy) is 2. The molecule has 50 heavy (non-hydrogen) atoms. The number of aliphatic carboxylic acids is 1. The van der Waals surface area contributed by atoms with Crippen LogP contribution in [0, 0.1) is 0 Å². The number of halogens is 1. The third-order valence-corrected chi connectivity index (χ3v) is 9.51. The van der Waals surface area contributed by atoms with Crippen molar-refractivity contribution >= 4 is 23.7 Å². The van der Waals surface area contributed by atoms with Gasteiger partial charge in [-0.25, -0.2) is 9.59 Å². The van der Waals surface area contributed by atoms with Crippen molar-refractivity contribution in [3.63, 3.8) is 0 Å². The number of fused-ring (bicyclic) bond motifs is 3. The third kappa shape index (κ3) is 6.46. The number of amides is 1. The molecule has 248 valence electrons. The Morgan fingerprint density at radius 3 is 1.76 bits per heavy atom. The first-order valence-corrected chi connectivity index (χ1v) is 16.8. The number of carboxylic acid groups (broad SMARTS) is 1. The van der Waals surface area contributed by atoms with Gasteiger partial charge >= 0.3 is 12.1 Å². The minimum absolute atomic E-state index is 0.0484. The summed E-state index contributed by atoms with van der Waals surface area (Å²) in [5, 5.41) is 13.1. The molecule has 6 aromatic rings. The van der Waals surface area contributed by atoms with Crippen molar-refractivity contribution in [2.24, 2.45) is 0 Å². The van der Waals surface area contributed by atoms with Gasteiger partial charge in [-0.15, -0.1) is 0 Å². The average molecular weight is 680 g/mol. The van der Waals surface area contributed by atoms with Crippen molar-refractivity contribution in [1.82, 2.24) is 5.32 Å². The van der Waals surface area contributed by atoms with Crippen molar-refractivity contribution in [1.29, 1.82) is 0 Å². The molecule has 7 heteroatoms. The van der Waals surface area contributed by atoms with E-state index in [1.807, 2.05) is 121 Å². The molecule has 6 nitrogen and oxygen atoms in total. The van der Waals surface area contributed by atoms with E-state index in [1.54, 1.807) is 24.3 Å². The van der Waals surface area contributed by atoms with Gasteiger partial charge in [0.1, 0.15) is 18.4 Å². The predicted molar refractivity (Wildman–Crippen MR) is 195 cm³/mol. The van der Waals surface area contributed by atoms with Crippen LogP contribution in [0.1, 0.15) is 39.3 Å². The minimum Gasteiger partial charge on any atom is -0.480 e. The van der Waals surface area contributed by atoms with E-state index in [-0.39, 0.29) is 18.9 Å². The van der Waals surface area contributed by atoms with Crippen molar-refractivity contribution in [3.05, 3.63) is 196 Å². The number of hydrogen-bond acceptors (Lipinski definition) is 4. The fourth-order valence-corrected chi connectivity index (χ4v) is 7.10. The Kier molecular flexibility index (Phi) is 9.37. The van der Waals surface area contributed by atoms with Gasteiger partial charge in [0.15, 0.2) is 5.60 Å². The van der Waals surface area contributed by atoms with E-state index in [0.717, 1.165) is 38.9 Å². The molecular formula is C43H34ClNO5. The van der Waals surface area contributed by atoms with Crippen molar-refractivity contribution in [3.8, 4) is 16.9 Å². The molecule has 0 fully saturated rings. The summed E-state index contributed by atoms with van der Waals surface area (Å²) in [5.74, 6) is -0.740. The maximum atomic E-state index is 12.9. The summed E-state index contributed by atoms with van der Waals surface area (Å²) in [5.41, 5.74) is 6.57. The number of benzene rings is 6. The van der Waals surface area contributed by atoms with E-state index in [1.165, 1.54) is 0 Å². The maximum Gasteiger partial charge on any atom is 0.407 e.